The summed E-state index contributed by atoms with van der Waals surface area (Å²) in [5.41, 5.74) is 3.68. The van der Waals surface area contributed by atoms with Crippen molar-refractivity contribution in [2.75, 3.05) is 38.1 Å². The van der Waals surface area contributed by atoms with Crippen LogP contribution in [0.4, 0.5) is 5.69 Å². The molecule has 39 heavy (non-hydrogen) atoms. The summed E-state index contributed by atoms with van der Waals surface area (Å²) in [4.78, 5) is 14.9. The number of phenols is 1. The number of aliphatic hydroxyl groups is 1. The first kappa shape index (κ1) is 26.5. The number of aromatic hydroxyl groups is 1. The fourth-order valence-corrected chi connectivity index (χ4v) is 4.80. The number of nitrogens with one attached hydrogen (secondary N) is 3. The number of hydrogen-bond acceptors (Lipinski definition) is 7. The van der Waals surface area contributed by atoms with Gasteiger partial charge in [0.2, 0.25) is 0 Å². The first-order valence-corrected chi connectivity index (χ1v) is 13.4. The molecule has 9 nitrogen and oxygen atoms in total. The zero-order valence-corrected chi connectivity index (χ0v) is 21.8. The molecule has 0 spiro atoms. The predicted octanol–water partition coefficient (Wildman–Crippen LogP) is 3.56. The minimum atomic E-state index is -0.620. The number of fused-ring (bicyclic) bond motifs is 1. The van der Waals surface area contributed by atoms with Crippen LogP contribution >= 0.6 is 0 Å². The Morgan fingerprint density at radius 3 is 2.56 bits per heavy atom. The number of piperidine rings is 1. The molecule has 1 atom stereocenters. The number of hydrogen-bond donors (Lipinski definition) is 5. The number of ether oxygens (including phenoxy) is 1. The number of likely N-dealkylation sites (tertiary alicyclic amines) is 1. The number of aromatic nitrogens is 2. The average molecular weight is 530 g/mol. The summed E-state index contributed by atoms with van der Waals surface area (Å²) in [7, 11) is 0. The third-order valence-corrected chi connectivity index (χ3v) is 7.03. The minimum Gasteiger partial charge on any atom is -0.508 e. The first-order valence-electron chi connectivity index (χ1n) is 13.4. The molecular formula is C30H35N5O4. The predicted molar refractivity (Wildman–Crippen MR) is 151 cm³/mol. The molecule has 5 rings (SSSR count). The molecule has 0 aliphatic carbocycles. The van der Waals surface area contributed by atoms with Crippen LogP contribution in [0.25, 0.3) is 10.9 Å². The highest BCUT2D eigenvalue weighted by atomic mass is 16.5. The van der Waals surface area contributed by atoms with Crippen molar-refractivity contribution >= 4 is 22.5 Å². The van der Waals surface area contributed by atoms with Gasteiger partial charge < -0.3 is 30.5 Å². The van der Waals surface area contributed by atoms with E-state index in [1.54, 1.807) is 24.3 Å². The monoisotopic (exact) mass is 529 g/mol. The summed E-state index contributed by atoms with van der Waals surface area (Å²) in [5.74, 6) is 0.783. The second kappa shape index (κ2) is 12.6. The molecule has 4 aromatic rings. The third-order valence-electron chi connectivity index (χ3n) is 7.03. The van der Waals surface area contributed by atoms with E-state index in [-0.39, 0.29) is 18.3 Å². The Balaban J connectivity index is 0.992. The lowest BCUT2D eigenvalue weighted by Gasteiger charge is -2.32. The van der Waals surface area contributed by atoms with Crippen LogP contribution < -0.4 is 15.4 Å². The van der Waals surface area contributed by atoms with Crippen LogP contribution in [-0.2, 0) is 6.42 Å². The fraction of sp³-hybridized carbons (Fsp3) is 0.333. The van der Waals surface area contributed by atoms with Gasteiger partial charge in [-0.3, -0.25) is 9.89 Å². The molecule has 0 saturated carbocycles. The fourth-order valence-electron chi connectivity index (χ4n) is 4.80. The van der Waals surface area contributed by atoms with E-state index in [0.29, 0.717) is 37.1 Å². The summed E-state index contributed by atoms with van der Waals surface area (Å²) >= 11 is 0. The van der Waals surface area contributed by atoms with E-state index in [1.165, 1.54) is 5.56 Å². The third kappa shape index (κ3) is 7.07. The molecule has 0 radical (unpaired) electrons. The SMILES string of the molecule is O=C(c1n[nH]c2ccccc12)N1CCC(Nc2ccc(CCNC[C@H](O)COc3ccc(O)cc3)cc2)CC1. The van der Waals surface area contributed by atoms with Crippen molar-refractivity contribution in [2.45, 2.75) is 31.4 Å². The first-order chi connectivity index (χ1) is 19.0. The van der Waals surface area contributed by atoms with E-state index >= 15 is 0 Å². The molecule has 204 valence electrons. The number of anilines is 1. The summed E-state index contributed by atoms with van der Waals surface area (Å²) in [6, 6.07) is 22.9. The van der Waals surface area contributed by atoms with Crippen LogP contribution in [0, 0.1) is 0 Å². The Morgan fingerprint density at radius 1 is 1.05 bits per heavy atom. The number of amides is 1. The Hall–Kier alpha value is -4.08. The normalized spacial score (nSPS) is 14.8. The van der Waals surface area contributed by atoms with E-state index in [9.17, 15) is 15.0 Å². The Morgan fingerprint density at radius 2 is 1.79 bits per heavy atom. The number of carbonyl (C=O) groups excluding carboxylic acids is 1. The summed E-state index contributed by atoms with van der Waals surface area (Å²) in [5, 5.41) is 34.4. The number of carbonyl (C=O) groups is 1. The molecule has 0 bridgehead atoms. The maximum absolute atomic E-state index is 13.0. The highest BCUT2D eigenvalue weighted by molar-refractivity contribution is 6.04. The van der Waals surface area contributed by atoms with Gasteiger partial charge in [-0.15, -0.1) is 0 Å². The van der Waals surface area contributed by atoms with E-state index in [0.717, 1.165) is 42.4 Å². The minimum absolute atomic E-state index is 0.0127. The van der Waals surface area contributed by atoms with Crippen molar-refractivity contribution < 1.29 is 19.7 Å². The van der Waals surface area contributed by atoms with Gasteiger partial charge in [-0.1, -0.05) is 30.3 Å². The molecule has 9 heteroatoms. The van der Waals surface area contributed by atoms with E-state index in [2.05, 4.69) is 45.1 Å². The molecule has 1 aliphatic heterocycles. The van der Waals surface area contributed by atoms with Crippen molar-refractivity contribution in [3.8, 4) is 11.5 Å². The molecule has 1 saturated heterocycles. The lowest BCUT2D eigenvalue weighted by Crippen LogP contribution is -2.42. The molecule has 1 fully saturated rings. The van der Waals surface area contributed by atoms with Gasteiger partial charge in [0.05, 0.1) is 5.52 Å². The quantitative estimate of drug-likeness (QED) is 0.188. The highest BCUT2D eigenvalue weighted by Gasteiger charge is 2.26. The molecule has 1 aliphatic rings. The Bertz CT molecular complexity index is 1350. The van der Waals surface area contributed by atoms with Crippen LogP contribution in [0.15, 0.2) is 72.8 Å². The van der Waals surface area contributed by atoms with Crippen molar-refractivity contribution in [3.63, 3.8) is 0 Å². The summed E-state index contributed by atoms with van der Waals surface area (Å²) in [6.07, 6.45) is 2.01. The number of benzene rings is 3. The van der Waals surface area contributed by atoms with Gasteiger partial charge in [-0.05, 0) is 73.8 Å². The van der Waals surface area contributed by atoms with Gasteiger partial charge in [0.25, 0.3) is 5.91 Å². The molecule has 0 unspecified atom stereocenters. The van der Waals surface area contributed by atoms with Crippen LogP contribution in [0.3, 0.4) is 0 Å². The Kier molecular flexibility index (Phi) is 8.60. The smallest absolute Gasteiger partial charge is 0.274 e. The highest BCUT2D eigenvalue weighted by Crippen LogP contribution is 2.22. The van der Waals surface area contributed by atoms with E-state index in [4.69, 9.17) is 4.74 Å². The Labute approximate surface area is 227 Å². The van der Waals surface area contributed by atoms with Crippen LogP contribution in [0.2, 0.25) is 0 Å². The molecule has 3 aromatic carbocycles. The maximum atomic E-state index is 13.0. The van der Waals surface area contributed by atoms with Gasteiger partial charge in [0, 0.05) is 36.7 Å². The lowest BCUT2D eigenvalue weighted by molar-refractivity contribution is 0.0714. The number of nitrogens with zero attached hydrogens (tertiary/aromatic N) is 2. The number of aromatic amines is 1. The van der Waals surface area contributed by atoms with Crippen molar-refractivity contribution in [1.29, 1.82) is 0 Å². The standard InChI is InChI=1S/C30H35N5O4/c36-24-9-11-26(12-10-24)39-20-25(37)19-31-16-13-21-5-7-22(8-6-21)32-23-14-17-35(18-15-23)30(38)29-27-3-1-2-4-28(27)33-34-29/h1-12,23,25,31-32,36-37H,13-20H2,(H,33,34)/t25-/m0/s1. The zero-order valence-electron chi connectivity index (χ0n) is 21.8. The van der Waals surface area contributed by atoms with Crippen molar-refractivity contribution in [2.24, 2.45) is 0 Å². The van der Waals surface area contributed by atoms with Crippen LogP contribution in [0.5, 0.6) is 11.5 Å². The number of para-hydroxylation sites is 1. The van der Waals surface area contributed by atoms with Gasteiger partial charge in [-0.25, -0.2) is 0 Å². The lowest BCUT2D eigenvalue weighted by atomic mass is 10.0. The van der Waals surface area contributed by atoms with Gasteiger partial charge >= 0.3 is 0 Å². The second-order valence-electron chi connectivity index (χ2n) is 9.94. The molecule has 1 aromatic heterocycles. The van der Waals surface area contributed by atoms with Gasteiger partial charge in [-0.2, -0.15) is 5.10 Å². The topological polar surface area (TPSA) is 123 Å². The maximum Gasteiger partial charge on any atom is 0.274 e. The number of H-pyrrole nitrogens is 1. The second-order valence-corrected chi connectivity index (χ2v) is 9.94. The summed E-state index contributed by atoms with van der Waals surface area (Å²) < 4.78 is 5.53. The number of aliphatic hydroxyl groups excluding tert-OH is 1. The van der Waals surface area contributed by atoms with Gasteiger partial charge in [0.1, 0.15) is 24.2 Å². The van der Waals surface area contributed by atoms with Crippen LogP contribution in [-0.4, -0.2) is 76.1 Å². The van der Waals surface area contributed by atoms with E-state index < -0.39 is 6.10 Å². The van der Waals surface area contributed by atoms with Crippen LogP contribution in [0.1, 0.15) is 28.9 Å². The molecule has 5 N–H and O–H groups in total. The molecule has 1 amide bonds. The molecule has 2 heterocycles. The largest absolute Gasteiger partial charge is 0.508 e. The molecular weight excluding hydrogens is 494 g/mol. The van der Waals surface area contributed by atoms with E-state index in [1.807, 2.05) is 29.2 Å². The van der Waals surface area contributed by atoms with Crippen molar-refractivity contribution in [3.05, 3.63) is 84.1 Å². The number of phenolic OH excluding ortho intramolecular Hbond substituents is 1. The average Bonchev–Trinajstić information content (AvgIpc) is 3.40. The zero-order chi connectivity index (χ0) is 27.0. The van der Waals surface area contributed by atoms with Gasteiger partial charge in [0.15, 0.2) is 5.69 Å². The number of rotatable bonds is 11. The summed E-state index contributed by atoms with van der Waals surface area (Å²) in [6.45, 7) is 2.78. The van der Waals surface area contributed by atoms with Crippen molar-refractivity contribution in [1.82, 2.24) is 20.4 Å².